The summed E-state index contributed by atoms with van der Waals surface area (Å²) in [5, 5.41) is 4.62. The fourth-order valence-corrected chi connectivity index (χ4v) is 1.83. The van der Waals surface area contributed by atoms with E-state index < -0.39 is 0 Å². The minimum atomic E-state index is -0.0633. The molecule has 4 heteroatoms. The highest BCUT2D eigenvalue weighted by molar-refractivity contribution is 6.36. The molecule has 0 saturated carbocycles. The maximum absolute atomic E-state index is 6.06. The summed E-state index contributed by atoms with van der Waals surface area (Å²) in [4.78, 5) is 0. The minimum Gasteiger partial charge on any atom is -0.379 e. The second-order valence-electron chi connectivity index (χ2n) is 4.17. The third-order valence-electron chi connectivity index (χ3n) is 2.17. The van der Waals surface area contributed by atoms with Gasteiger partial charge >= 0.3 is 0 Å². The first kappa shape index (κ1) is 12.6. The molecule has 0 unspecified atom stereocenters. The molecule has 15 heavy (non-hydrogen) atoms. The number of anilines is 1. The van der Waals surface area contributed by atoms with Crippen molar-refractivity contribution >= 4 is 28.9 Å². The summed E-state index contributed by atoms with van der Waals surface area (Å²) >= 11 is 11.9. The molecular weight excluding hydrogens is 231 g/mol. The first-order valence-corrected chi connectivity index (χ1v) is 5.63. The molecule has 0 aliphatic heterocycles. The summed E-state index contributed by atoms with van der Waals surface area (Å²) in [5.74, 6) is 0. The fourth-order valence-electron chi connectivity index (χ4n) is 1.38. The lowest BCUT2D eigenvalue weighted by molar-refractivity contribution is 0.526. The van der Waals surface area contributed by atoms with Crippen molar-refractivity contribution in [2.75, 3.05) is 11.9 Å². The highest BCUT2D eigenvalue weighted by Gasteiger charge is 2.17. The van der Waals surface area contributed by atoms with Gasteiger partial charge in [0.1, 0.15) is 0 Å². The first-order valence-electron chi connectivity index (χ1n) is 4.88. The van der Waals surface area contributed by atoms with Gasteiger partial charge in [-0.25, -0.2) is 0 Å². The van der Waals surface area contributed by atoms with Gasteiger partial charge in [-0.3, -0.25) is 0 Å². The van der Waals surface area contributed by atoms with E-state index in [1.54, 1.807) is 6.07 Å². The number of rotatable bonds is 4. The van der Waals surface area contributed by atoms with Gasteiger partial charge in [-0.05, 0) is 45.0 Å². The lowest BCUT2D eigenvalue weighted by atomic mass is 10.0. The van der Waals surface area contributed by atoms with Crippen molar-refractivity contribution in [3.8, 4) is 0 Å². The molecule has 0 bridgehead atoms. The van der Waals surface area contributed by atoms with E-state index in [0.717, 1.165) is 12.1 Å². The van der Waals surface area contributed by atoms with E-state index in [0.29, 0.717) is 16.6 Å². The molecule has 1 aromatic rings. The van der Waals surface area contributed by atoms with Crippen LogP contribution in [0.15, 0.2) is 18.2 Å². The van der Waals surface area contributed by atoms with E-state index in [1.807, 2.05) is 12.1 Å². The number of benzene rings is 1. The van der Waals surface area contributed by atoms with E-state index in [-0.39, 0.29) is 5.54 Å². The van der Waals surface area contributed by atoms with Gasteiger partial charge in [0.25, 0.3) is 0 Å². The molecule has 0 spiro atoms. The smallest absolute Gasteiger partial charge is 0.0652 e. The summed E-state index contributed by atoms with van der Waals surface area (Å²) in [6.45, 7) is 4.82. The Balaban J connectivity index is 2.80. The Morgan fingerprint density at radius 2 is 2.00 bits per heavy atom. The van der Waals surface area contributed by atoms with Crippen LogP contribution in [0.2, 0.25) is 10.0 Å². The predicted molar refractivity (Wildman–Crippen MR) is 67.8 cm³/mol. The van der Waals surface area contributed by atoms with Crippen LogP contribution in [0.5, 0.6) is 0 Å². The Bertz CT molecular complexity index is 337. The molecule has 2 nitrogen and oxygen atoms in total. The van der Waals surface area contributed by atoms with Crippen LogP contribution in [0.4, 0.5) is 5.69 Å². The molecule has 3 N–H and O–H groups in total. The summed E-state index contributed by atoms with van der Waals surface area (Å²) in [7, 11) is 0. The van der Waals surface area contributed by atoms with E-state index >= 15 is 0 Å². The van der Waals surface area contributed by atoms with Gasteiger partial charge in [-0.2, -0.15) is 0 Å². The molecule has 1 aromatic carbocycles. The highest BCUT2D eigenvalue weighted by Crippen LogP contribution is 2.28. The topological polar surface area (TPSA) is 38.0 Å². The number of nitrogens with one attached hydrogen (secondary N) is 1. The van der Waals surface area contributed by atoms with Crippen LogP contribution in [0, 0.1) is 0 Å². The van der Waals surface area contributed by atoms with Crippen molar-refractivity contribution in [2.45, 2.75) is 25.8 Å². The zero-order valence-electron chi connectivity index (χ0n) is 8.98. The third kappa shape index (κ3) is 3.90. The standard InChI is InChI=1S/C11H16Cl2N2/c1-11(2,5-6-14)15-10-4-3-8(12)7-9(10)13/h3-4,7,15H,5-6,14H2,1-2H3. The Morgan fingerprint density at radius 1 is 1.33 bits per heavy atom. The molecule has 0 aromatic heterocycles. The highest BCUT2D eigenvalue weighted by atomic mass is 35.5. The van der Waals surface area contributed by atoms with E-state index in [1.165, 1.54) is 0 Å². The predicted octanol–water partition coefficient (Wildman–Crippen LogP) is 3.53. The second-order valence-corrected chi connectivity index (χ2v) is 5.02. The number of hydrogen-bond donors (Lipinski definition) is 2. The SMILES string of the molecule is CC(C)(CCN)Nc1ccc(Cl)cc1Cl. The van der Waals surface area contributed by atoms with Gasteiger partial charge in [0, 0.05) is 10.6 Å². The molecule has 0 heterocycles. The van der Waals surface area contributed by atoms with Crippen molar-refractivity contribution in [3.05, 3.63) is 28.2 Å². The van der Waals surface area contributed by atoms with E-state index in [4.69, 9.17) is 28.9 Å². The van der Waals surface area contributed by atoms with Gasteiger partial charge in [-0.1, -0.05) is 23.2 Å². The molecule has 0 radical (unpaired) electrons. The van der Waals surface area contributed by atoms with Crippen molar-refractivity contribution in [2.24, 2.45) is 5.73 Å². The Kier molecular flexibility index (Phi) is 4.26. The molecule has 0 aliphatic rings. The number of halogens is 2. The van der Waals surface area contributed by atoms with Gasteiger partial charge in [0.05, 0.1) is 10.7 Å². The summed E-state index contributed by atoms with van der Waals surface area (Å²) in [6, 6.07) is 5.42. The van der Waals surface area contributed by atoms with Crippen LogP contribution < -0.4 is 11.1 Å². The number of nitrogens with two attached hydrogens (primary N) is 1. The van der Waals surface area contributed by atoms with Crippen LogP contribution in [0.3, 0.4) is 0 Å². The largest absolute Gasteiger partial charge is 0.379 e. The molecule has 0 saturated heterocycles. The van der Waals surface area contributed by atoms with Crippen LogP contribution in [0.25, 0.3) is 0 Å². The Hall–Kier alpha value is -0.440. The summed E-state index contributed by atoms with van der Waals surface area (Å²) in [6.07, 6.45) is 0.881. The van der Waals surface area contributed by atoms with Crippen LogP contribution in [0.1, 0.15) is 20.3 Å². The van der Waals surface area contributed by atoms with Gasteiger partial charge in [0.15, 0.2) is 0 Å². The van der Waals surface area contributed by atoms with E-state index in [2.05, 4.69) is 19.2 Å². The van der Waals surface area contributed by atoms with Crippen molar-refractivity contribution in [1.29, 1.82) is 0 Å². The summed E-state index contributed by atoms with van der Waals surface area (Å²) in [5.41, 5.74) is 6.36. The van der Waals surface area contributed by atoms with E-state index in [9.17, 15) is 0 Å². The minimum absolute atomic E-state index is 0.0633. The normalized spacial score (nSPS) is 11.5. The average molecular weight is 247 g/mol. The fraction of sp³-hybridized carbons (Fsp3) is 0.455. The molecule has 0 aliphatic carbocycles. The van der Waals surface area contributed by atoms with Crippen molar-refractivity contribution in [1.82, 2.24) is 0 Å². The lowest BCUT2D eigenvalue weighted by Gasteiger charge is -2.27. The third-order valence-corrected chi connectivity index (χ3v) is 2.72. The average Bonchev–Trinajstić information content (AvgIpc) is 2.09. The van der Waals surface area contributed by atoms with Gasteiger partial charge in [-0.15, -0.1) is 0 Å². The lowest BCUT2D eigenvalue weighted by Crippen LogP contribution is -2.33. The maximum Gasteiger partial charge on any atom is 0.0652 e. The molecule has 0 fully saturated rings. The van der Waals surface area contributed by atoms with Crippen molar-refractivity contribution < 1.29 is 0 Å². The second kappa shape index (κ2) is 5.06. The molecule has 0 atom stereocenters. The zero-order chi connectivity index (χ0) is 11.5. The maximum atomic E-state index is 6.06. The van der Waals surface area contributed by atoms with Crippen LogP contribution in [-0.2, 0) is 0 Å². The van der Waals surface area contributed by atoms with Crippen molar-refractivity contribution in [3.63, 3.8) is 0 Å². The Morgan fingerprint density at radius 3 is 2.53 bits per heavy atom. The first-order chi connectivity index (χ1) is 6.94. The summed E-state index contributed by atoms with van der Waals surface area (Å²) < 4.78 is 0. The molecule has 0 amide bonds. The monoisotopic (exact) mass is 246 g/mol. The zero-order valence-corrected chi connectivity index (χ0v) is 10.5. The Labute approximate surface area is 101 Å². The van der Waals surface area contributed by atoms with Crippen LogP contribution in [-0.4, -0.2) is 12.1 Å². The quantitative estimate of drug-likeness (QED) is 0.854. The molecular formula is C11H16Cl2N2. The molecule has 1 rings (SSSR count). The van der Waals surface area contributed by atoms with Crippen LogP contribution >= 0.6 is 23.2 Å². The van der Waals surface area contributed by atoms with Gasteiger partial charge < -0.3 is 11.1 Å². The van der Waals surface area contributed by atoms with Gasteiger partial charge in [0.2, 0.25) is 0 Å². The molecule has 84 valence electrons. The number of hydrogen-bond acceptors (Lipinski definition) is 2.